The third kappa shape index (κ3) is 3.48. The normalized spacial score (nSPS) is 30.4. The molecule has 1 aliphatic carbocycles. The number of rotatable bonds is 5. The van der Waals surface area contributed by atoms with E-state index in [1.165, 1.54) is 44.1 Å². The van der Waals surface area contributed by atoms with Crippen molar-refractivity contribution in [2.24, 2.45) is 17.7 Å². The third-order valence-corrected chi connectivity index (χ3v) is 4.60. The molecular weight excluding hydrogens is 224 g/mol. The predicted octanol–water partition coefficient (Wildman–Crippen LogP) is 3.12. The molecule has 0 aromatic carbocycles. The van der Waals surface area contributed by atoms with Gasteiger partial charge in [0.15, 0.2) is 0 Å². The molecule has 1 atom stereocenters. The van der Waals surface area contributed by atoms with Gasteiger partial charge in [-0.1, -0.05) is 32.6 Å². The van der Waals surface area contributed by atoms with Crippen LogP contribution in [0, 0.1) is 11.8 Å². The molecule has 0 amide bonds. The summed E-state index contributed by atoms with van der Waals surface area (Å²) >= 11 is 0. The summed E-state index contributed by atoms with van der Waals surface area (Å²) in [6.45, 7) is 3.16. The molecule has 2 aliphatic rings. The van der Waals surface area contributed by atoms with Crippen LogP contribution < -0.4 is 11.3 Å². The van der Waals surface area contributed by atoms with Gasteiger partial charge in [0, 0.05) is 6.04 Å². The molecule has 104 valence electrons. The van der Waals surface area contributed by atoms with Crippen molar-refractivity contribution in [3.63, 3.8) is 0 Å². The van der Waals surface area contributed by atoms with Crippen molar-refractivity contribution >= 4 is 0 Å². The van der Waals surface area contributed by atoms with E-state index in [9.17, 15) is 0 Å². The first-order valence-electron chi connectivity index (χ1n) is 7.61. The Bertz CT molecular complexity index is 270. The Morgan fingerprint density at radius 2 is 2.17 bits per heavy atom. The first-order chi connectivity index (χ1) is 8.85. The molecule has 3 N–H and O–H groups in total. The molecule has 0 radical (unpaired) electrons. The molecule has 3 nitrogen and oxygen atoms in total. The minimum atomic E-state index is 0.341. The van der Waals surface area contributed by atoms with Crippen molar-refractivity contribution in [1.29, 1.82) is 0 Å². The van der Waals surface area contributed by atoms with Crippen LogP contribution in [0.3, 0.4) is 0 Å². The second kappa shape index (κ2) is 7.15. The van der Waals surface area contributed by atoms with Crippen LogP contribution in [-0.4, -0.2) is 12.6 Å². The molecular formula is C15H28N2O. The standard InChI is InChI=1S/C15H28N2O/c1-2-4-12-6-8-13(9-7-12)15(17-16)14-5-3-10-18-11-14/h11-13,15,17H,2-10,16H2,1H3. The lowest BCUT2D eigenvalue weighted by Gasteiger charge is -2.35. The van der Waals surface area contributed by atoms with Gasteiger partial charge in [0.1, 0.15) is 0 Å². The minimum Gasteiger partial charge on any atom is -0.501 e. The average Bonchev–Trinajstić information content (AvgIpc) is 2.43. The van der Waals surface area contributed by atoms with Crippen LogP contribution in [0.2, 0.25) is 0 Å². The van der Waals surface area contributed by atoms with E-state index in [1.807, 2.05) is 6.26 Å². The van der Waals surface area contributed by atoms with Crippen molar-refractivity contribution < 1.29 is 4.74 Å². The van der Waals surface area contributed by atoms with E-state index >= 15 is 0 Å². The van der Waals surface area contributed by atoms with Crippen LogP contribution in [0.1, 0.15) is 58.3 Å². The van der Waals surface area contributed by atoms with Gasteiger partial charge >= 0.3 is 0 Å². The SMILES string of the molecule is CCCC1CCC(C(NN)C2=COCCC2)CC1. The minimum absolute atomic E-state index is 0.341. The molecule has 0 spiro atoms. The number of hydrogen-bond donors (Lipinski definition) is 2. The first kappa shape index (κ1) is 13.9. The average molecular weight is 252 g/mol. The zero-order valence-electron chi connectivity index (χ0n) is 11.7. The highest BCUT2D eigenvalue weighted by atomic mass is 16.5. The Balaban J connectivity index is 1.87. The van der Waals surface area contributed by atoms with E-state index < -0.39 is 0 Å². The Kier molecular flexibility index (Phi) is 5.51. The number of hydrogen-bond acceptors (Lipinski definition) is 3. The lowest BCUT2D eigenvalue weighted by molar-refractivity contribution is 0.194. The molecule has 1 unspecified atom stereocenters. The molecule has 0 aromatic rings. The highest BCUT2D eigenvalue weighted by Crippen LogP contribution is 2.35. The number of hydrazine groups is 1. The summed E-state index contributed by atoms with van der Waals surface area (Å²) in [5, 5.41) is 0. The van der Waals surface area contributed by atoms with E-state index in [0.717, 1.165) is 25.4 Å². The topological polar surface area (TPSA) is 47.3 Å². The van der Waals surface area contributed by atoms with E-state index in [2.05, 4.69) is 12.3 Å². The molecule has 0 bridgehead atoms. The zero-order valence-corrected chi connectivity index (χ0v) is 11.7. The summed E-state index contributed by atoms with van der Waals surface area (Å²) in [6, 6.07) is 0.341. The maximum Gasteiger partial charge on any atom is 0.0876 e. The monoisotopic (exact) mass is 252 g/mol. The molecule has 2 rings (SSSR count). The van der Waals surface area contributed by atoms with Crippen LogP contribution >= 0.6 is 0 Å². The third-order valence-electron chi connectivity index (χ3n) is 4.60. The van der Waals surface area contributed by atoms with E-state index in [0.29, 0.717) is 12.0 Å². The second-order valence-corrected chi connectivity index (χ2v) is 5.88. The van der Waals surface area contributed by atoms with Gasteiger partial charge in [0.2, 0.25) is 0 Å². The Hall–Kier alpha value is -0.540. The fourth-order valence-corrected chi connectivity index (χ4v) is 3.58. The fraction of sp³-hybridized carbons (Fsp3) is 0.867. The summed E-state index contributed by atoms with van der Waals surface area (Å²) < 4.78 is 5.46. The summed E-state index contributed by atoms with van der Waals surface area (Å²) in [5.41, 5.74) is 4.42. The van der Waals surface area contributed by atoms with E-state index in [-0.39, 0.29) is 0 Å². The highest BCUT2D eigenvalue weighted by Gasteiger charge is 2.29. The molecule has 3 heteroatoms. The van der Waals surface area contributed by atoms with Crippen molar-refractivity contribution in [1.82, 2.24) is 5.43 Å². The Morgan fingerprint density at radius 3 is 2.72 bits per heavy atom. The summed E-state index contributed by atoms with van der Waals surface area (Å²) in [5.74, 6) is 7.45. The summed E-state index contributed by atoms with van der Waals surface area (Å²) in [4.78, 5) is 0. The van der Waals surface area contributed by atoms with Crippen LogP contribution in [0.25, 0.3) is 0 Å². The van der Waals surface area contributed by atoms with Crippen LogP contribution in [-0.2, 0) is 4.74 Å². The largest absolute Gasteiger partial charge is 0.501 e. The lowest BCUT2D eigenvalue weighted by atomic mass is 9.75. The molecule has 1 fully saturated rings. The van der Waals surface area contributed by atoms with Gasteiger partial charge in [-0.2, -0.15) is 0 Å². The molecule has 18 heavy (non-hydrogen) atoms. The van der Waals surface area contributed by atoms with Gasteiger partial charge in [-0.25, -0.2) is 0 Å². The summed E-state index contributed by atoms with van der Waals surface area (Å²) in [6.07, 6.45) is 12.3. The van der Waals surface area contributed by atoms with Crippen molar-refractivity contribution in [2.45, 2.75) is 64.3 Å². The molecule has 0 saturated heterocycles. The summed E-state index contributed by atoms with van der Waals surface area (Å²) in [7, 11) is 0. The fourth-order valence-electron chi connectivity index (χ4n) is 3.58. The lowest BCUT2D eigenvalue weighted by Crippen LogP contribution is -2.44. The number of nitrogens with two attached hydrogens (primary N) is 1. The van der Waals surface area contributed by atoms with Gasteiger partial charge in [-0.15, -0.1) is 0 Å². The Labute approximate surface area is 111 Å². The number of nitrogens with one attached hydrogen (secondary N) is 1. The smallest absolute Gasteiger partial charge is 0.0876 e. The van der Waals surface area contributed by atoms with Crippen LogP contribution in [0.5, 0.6) is 0 Å². The number of ether oxygens (including phenoxy) is 1. The quantitative estimate of drug-likeness (QED) is 0.584. The maximum atomic E-state index is 5.78. The molecule has 0 aromatic heterocycles. The zero-order chi connectivity index (χ0) is 12.8. The van der Waals surface area contributed by atoms with Gasteiger partial charge < -0.3 is 4.74 Å². The predicted molar refractivity (Wildman–Crippen MR) is 74.7 cm³/mol. The van der Waals surface area contributed by atoms with Gasteiger partial charge in [-0.3, -0.25) is 11.3 Å². The van der Waals surface area contributed by atoms with E-state index in [1.54, 1.807) is 0 Å². The maximum absolute atomic E-state index is 5.78. The van der Waals surface area contributed by atoms with E-state index in [4.69, 9.17) is 10.6 Å². The Morgan fingerprint density at radius 1 is 1.39 bits per heavy atom. The second-order valence-electron chi connectivity index (χ2n) is 5.88. The highest BCUT2D eigenvalue weighted by molar-refractivity contribution is 5.11. The van der Waals surface area contributed by atoms with Gasteiger partial charge in [0.05, 0.1) is 12.9 Å². The first-order valence-corrected chi connectivity index (χ1v) is 7.61. The molecule has 1 heterocycles. The van der Waals surface area contributed by atoms with Crippen LogP contribution in [0.15, 0.2) is 11.8 Å². The van der Waals surface area contributed by atoms with Crippen molar-refractivity contribution in [3.8, 4) is 0 Å². The molecule has 1 saturated carbocycles. The van der Waals surface area contributed by atoms with Gasteiger partial charge in [-0.05, 0) is 43.1 Å². The molecule has 1 aliphatic heterocycles. The van der Waals surface area contributed by atoms with Crippen LogP contribution in [0.4, 0.5) is 0 Å². The van der Waals surface area contributed by atoms with Gasteiger partial charge in [0.25, 0.3) is 0 Å². The van der Waals surface area contributed by atoms with Crippen molar-refractivity contribution in [3.05, 3.63) is 11.8 Å². The van der Waals surface area contributed by atoms with Crippen molar-refractivity contribution in [2.75, 3.05) is 6.61 Å².